The largest absolute Gasteiger partial charge is 0.462 e. The fraction of sp³-hybridized carbons (Fsp3) is 0.421. The van der Waals surface area contributed by atoms with Crippen molar-refractivity contribution in [3.05, 3.63) is 45.8 Å². The van der Waals surface area contributed by atoms with Gasteiger partial charge in [0.15, 0.2) is 0 Å². The number of aromatic nitrogens is 3. The SMILES string of the molecule is CCCCCOC(=O)C1=C(C)Nc2ncnn2[C@@H]1c1cc(Br)ccc1OC(F)F. The van der Waals surface area contributed by atoms with Crippen LogP contribution in [0.25, 0.3) is 0 Å². The molecule has 0 bridgehead atoms. The molecule has 1 aliphatic rings. The van der Waals surface area contributed by atoms with E-state index in [1.54, 1.807) is 19.1 Å². The lowest BCUT2D eigenvalue weighted by Gasteiger charge is -2.29. The Morgan fingerprint density at radius 3 is 2.90 bits per heavy atom. The van der Waals surface area contributed by atoms with Gasteiger partial charge in [-0.25, -0.2) is 9.48 Å². The molecule has 0 fully saturated rings. The van der Waals surface area contributed by atoms with E-state index in [-0.39, 0.29) is 17.9 Å². The van der Waals surface area contributed by atoms with Crippen molar-refractivity contribution in [3.8, 4) is 5.75 Å². The van der Waals surface area contributed by atoms with Gasteiger partial charge in [0.05, 0.1) is 12.2 Å². The highest BCUT2D eigenvalue weighted by molar-refractivity contribution is 9.10. The summed E-state index contributed by atoms with van der Waals surface area (Å²) in [4.78, 5) is 17.1. The van der Waals surface area contributed by atoms with Crippen LogP contribution in [0.1, 0.15) is 44.7 Å². The Morgan fingerprint density at radius 1 is 1.38 bits per heavy atom. The molecule has 1 N–H and O–H groups in total. The Labute approximate surface area is 175 Å². The van der Waals surface area contributed by atoms with E-state index < -0.39 is 18.6 Å². The monoisotopic (exact) mass is 470 g/mol. The lowest BCUT2D eigenvalue weighted by Crippen LogP contribution is -2.30. The van der Waals surface area contributed by atoms with E-state index >= 15 is 0 Å². The van der Waals surface area contributed by atoms with Gasteiger partial charge in [-0.1, -0.05) is 35.7 Å². The lowest BCUT2D eigenvalue weighted by atomic mass is 9.95. The standard InChI is InChI=1S/C19H21BrF2N4O3/c1-3-4-5-8-28-17(27)15-11(2)25-19-23-10-24-26(19)16(15)13-9-12(20)6-7-14(13)29-18(21)22/h6-7,9-10,16,18H,3-5,8H2,1-2H3,(H,23,24,25)/t16-/m1/s1. The molecule has 10 heteroatoms. The minimum Gasteiger partial charge on any atom is -0.462 e. The number of unbranched alkanes of at least 4 members (excludes halogenated alkanes) is 2. The first-order valence-electron chi connectivity index (χ1n) is 9.21. The van der Waals surface area contributed by atoms with Crippen LogP contribution in [0.15, 0.2) is 40.3 Å². The lowest BCUT2D eigenvalue weighted by molar-refractivity contribution is -0.139. The minimum absolute atomic E-state index is 0.0550. The number of benzene rings is 1. The van der Waals surface area contributed by atoms with E-state index in [9.17, 15) is 13.6 Å². The molecule has 1 aromatic carbocycles. The van der Waals surface area contributed by atoms with Crippen molar-refractivity contribution in [1.82, 2.24) is 14.8 Å². The van der Waals surface area contributed by atoms with Crippen molar-refractivity contribution in [3.63, 3.8) is 0 Å². The normalized spacial score (nSPS) is 15.9. The van der Waals surface area contributed by atoms with Crippen LogP contribution in [0.2, 0.25) is 0 Å². The zero-order chi connectivity index (χ0) is 21.0. The van der Waals surface area contributed by atoms with Crippen LogP contribution in [-0.2, 0) is 9.53 Å². The van der Waals surface area contributed by atoms with Crippen molar-refractivity contribution in [1.29, 1.82) is 0 Å². The molecule has 0 aliphatic carbocycles. The molecule has 0 saturated carbocycles. The first-order chi connectivity index (χ1) is 13.9. The van der Waals surface area contributed by atoms with Crippen molar-refractivity contribution in [2.75, 3.05) is 11.9 Å². The van der Waals surface area contributed by atoms with Gasteiger partial charge in [0, 0.05) is 15.7 Å². The van der Waals surface area contributed by atoms with Crippen LogP contribution in [0.5, 0.6) is 5.75 Å². The second-order valence-electron chi connectivity index (χ2n) is 6.50. The number of anilines is 1. The Balaban J connectivity index is 2.04. The van der Waals surface area contributed by atoms with Gasteiger partial charge in [-0.05, 0) is 31.5 Å². The van der Waals surface area contributed by atoms with Crippen LogP contribution in [-0.4, -0.2) is 34.0 Å². The summed E-state index contributed by atoms with van der Waals surface area (Å²) < 4.78 is 38.2. The Hall–Kier alpha value is -2.49. The zero-order valence-electron chi connectivity index (χ0n) is 16.0. The second-order valence-corrected chi connectivity index (χ2v) is 7.41. The quantitative estimate of drug-likeness (QED) is 0.446. The molecule has 1 aromatic heterocycles. The van der Waals surface area contributed by atoms with Gasteiger partial charge in [0.25, 0.3) is 0 Å². The van der Waals surface area contributed by atoms with E-state index in [1.165, 1.54) is 17.1 Å². The van der Waals surface area contributed by atoms with E-state index in [2.05, 4.69) is 38.3 Å². The third kappa shape index (κ3) is 4.75. The number of nitrogens with one attached hydrogen (secondary N) is 1. The molecule has 2 aromatic rings. The molecule has 0 unspecified atom stereocenters. The van der Waals surface area contributed by atoms with Gasteiger partial charge >= 0.3 is 12.6 Å². The van der Waals surface area contributed by atoms with Crippen LogP contribution >= 0.6 is 15.9 Å². The van der Waals surface area contributed by atoms with Crippen molar-refractivity contribution in [2.45, 2.75) is 45.8 Å². The van der Waals surface area contributed by atoms with E-state index in [0.717, 1.165) is 19.3 Å². The van der Waals surface area contributed by atoms with Gasteiger partial charge < -0.3 is 14.8 Å². The number of carbonyl (C=O) groups is 1. The first kappa shape index (κ1) is 21.2. The summed E-state index contributed by atoms with van der Waals surface area (Å²) >= 11 is 3.35. The average molecular weight is 471 g/mol. The number of rotatable bonds is 8. The molecular weight excluding hydrogens is 450 g/mol. The highest BCUT2D eigenvalue weighted by atomic mass is 79.9. The molecule has 156 valence electrons. The average Bonchev–Trinajstić information content (AvgIpc) is 3.13. The summed E-state index contributed by atoms with van der Waals surface area (Å²) in [5, 5.41) is 7.20. The molecule has 1 aliphatic heterocycles. The number of esters is 1. The van der Waals surface area contributed by atoms with Crippen LogP contribution < -0.4 is 10.1 Å². The highest BCUT2D eigenvalue weighted by Crippen LogP contribution is 2.40. The number of nitrogens with zero attached hydrogens (tertiary/aromatic N) is 3. The fourth-order valence-electron chi connectivity index (χ4n) is 3.17. The summed E-state index contributed by atoms with van der Waals surface area (Å²) in [5.41, 5.74) is 1.11. The minimum atomic E-state index is -3.01. The number of halogens is 3. The molecule has 1 atom stereocenters. The van der Waals surface area contributed by atoms with Crippen molar-refractivity contribution < 1.29 is 23.0 Å². The fourth-order valence-corrected chi connectivity index (χ4v) is 3.55. The number of allylic oxidation sites excluding steroid dienone is 1. The van der Waals surface area contributed by atoms with E-state index in [0.29, 0.717) is 21.7 Å². The summed E-state index contributed by atoms with van der Waals surface area (Å²) in [7, 11) is 0. The predicted octanol–water partition coefficient (Wildman–Crippen LogP) is 4.66. The third-order valence-electron chi connectivity index (χ3n) is 4.48. The third-order valence-corrected chi connectivity index (χ3v) is 4.97. The van der Waals surface area contributed by atoms with Gasteiger partial charge in [-0.15, -0.1) is 0 Å². The second kappa shape index (κ2) is 9.34. The Bertz CT molecular complexity index is 917. The zero-order valence-corrected chi connectivity index (χ0v) is 17.6. The topological polar surface area (TPSA) is 78.3 Å². The van der Waals surface area contributed by atoms with Gasteiger partial charge in [0.2, 0.25) is 5.95 Å². The van der Waals surface area contributed by atoms with Crippen LogP contribution in [0, 0.1) is 0 Å². The molecule has 29 heavy (non-hydrogen) atoms. The van der Waals surface area contributed by atoms with Crippen LogP contribution in [0.3, 0.4) is 0 Å². The molecule has 0 saturated heterocycles. The maximum absolute atomic E-state index is 13.0. The summed E-state index contributed by atoms with van der Waals surface area (Å²) in [5.74, 6) is -0.209. The molecule has 0 amide bonds. The molecule has 0 radical (unpaired) electrons. The highest BCUT2D eigenvalue weighted by Gasteiger charge is 2.36. The molecule has 2 heterocycles. The van der Waals surface area contributed by atoms with E-state index in [4.69, 9.17) is 9.47 Å². The van der Waals surface area contributed by atoms with Gasteiger partial charge in [0.1, 0.15) is 18.1 Å². The maximum atomic E-state index is 13.0. The summed E-state index contributed by atoms with van der Waals surface area (Å²) in [6.07, 6.45) is 4.01. The Kier molecular flexibility index (Phi) is 6.83. The summed E-state index contributed by atoms with van der Waals surface area (Å²) in [6.45, 7) is 1.03. The molecule has 7 nitrogen and oxygen atoms in total. The number of ether oxygens (including phenoxy) is 2. The van der Waals surface area contributed by atoms with Crippen molar-refractivity contribution >= 4 is 27.8 Å². The van der Waals surface area contributed by atoms with Gasteiger partial charge in [-0.3, -0.25) is 0 Å². The number of hydrogen-bond donors (Lipinski definition) is 1. The van der Waals surface area contributed by atoms with Crippen LogP contribution in [0.4, 0.5) is 14.7 Å². The number of fused-ring (bicyclic) bond motifs is 1. The molecule has 0 spiro atoms. The summed E-state index contributed by atoms with van der Waals surface area (Å²) in [6, 6.07) is 3.79. The van der Waals surface area contributed by atoms with Gasteiger partial charge in [-0.2, -0.15) is 18.9 Å². The maximum Gasteiger partial charge on any atom is 0.387 e. The van der Waals surface area contributed by atoms with Crippen molar-refractivity contribution in [2.24, 2.45) is 0 Å². The van der Waals surface area contributed by atoms with E-state index in [1.807, 2.05) is 0 Å². The number of hydrogen-bond acceptors (Lipinski definition) is 6. The molecule has 3 rings (SSSR count). The smallest absolute Gasteiger partial charge is 0.387 e. The number of alkyl halides is 2. The Morgan fingerprint density at radius 2 is 2.17 bits per heavy atom. The predicted molar refractivity (Wildman–Crippen MR) is 106 cm³/mol. The first-order valence-corrected chi connectivity index (χ1v) is 10.00. The molecular formula is C19H21BrF2N4O3. The number of carbonyl (C=O) groups excluding carboxylic acids is 1.